The van der Waals surface area contributed by atoms with Gasteiger partial charge in [-0.2, -0.15) is 0 Å². The van der Waals surface area contributed by atoms with Crippen molar-refractivity contribution in [1.29, 1.82) is 0 Å². The molecule has 2 N–H and O–H groups in total. The van der Waals surface area contributed by atoms with Crippen LogP contribution in [-0.4, -0.2) is 10.6 Å². The van der Waals surface area contributed by atoms with E-state index in [-0.39, 0.29) is 11.5 Å². The fourth-order valence-corrected chi connectivity index (χ4v) is 1.21. The summed E-state index contributed by atoms with van der Waals surface area (Å²) in [6.45, 7) is 3.57. The van der Waals surface area contributed by atoms with Crippen molar-refractivity contribution in [2.24, 2.45) is 10.7 Å². The molecular formula is C10H13N3O2. The van der Waals surface area contributed by atoms with Gasteiger partial charge in [-0.1, -0.05) is 11.6 Å². The number of allylic oxidation sites excluding steroid dienone is 4. The van der Waals surface area contributed by atoms with E-state index in [1.165, 1.54) is 6.08 Å². The number of rotatable bonds is 1. The second-order valence-electron chi connectivity index (χ2n) is 3.38. The Balaban J connectivity index is 3.27. The lowest BCUT2D eigenvalue weighted by atomic mass is 10.1. The molecule has 0 aliphatic carbocycles. The molecule has 1 heterocycles. The van der Waals surface area contributed by atoms with Gasteiger partial charge in [0.2, 0.25) is 5.82 Å². The normalized spacial score (nSPS) is 31.3. The first-order valence-corrected chi connectivity index (χ1v) is 4.54. The van der Waals surface area contributed by atoms with Crippen molar-refractivity contribution >= 4 is 5.71 Å². The molecule has 0 amide bonds. The average Bonchev–Trinajstić information content (AvgIpc) is 2.17. The van der Waals surface area contributed by atoms with Crippen LogP contribution in [0.5, 0.6) is 0 Å². The van der Waals surface area contributed by atoms with Crippen LogP contribution in [0.3, 0.4) is 0 Å². The van der Waals surface area contributed by atoms with Gasteiger partial charge in [0.15, 0.2) is 0 Å². The smallest absolute Gasteiger partial charge is 0.311 e. The summed E-state index contributed by atoms with van der Waals surface area (Å²) in [5, 5.41) is 10.7. The third-order valence-corrected chi connectivity index (χ3v) is 1.94. The van der Waals surface area contributed by atoms with E-state index in [0.29, 0.717) is 12.1 Å². The molecule has 0 aromatic heterocycles. The summed E-state index contributed by atoms with van der Waals surface area (Å²) in [4.78, 5) is 14.1. The van der Waals surface area contributed by atoms with Crippen molar-refractivity contribution in [3.8, 4) is 0 Å². The maximum Gasteiger partial charge on any atom is 0.311 e. The molecule has 0 radical (unpaired) electrons. The Morgan fingerprint density at radius 2 is 2.20 bits per heavy atom. The lowest BCUT2D eigenvalue weighted by Crippen LogP contribution is -2.07. The van der Waals surface area contributed by atoms with Crippen LogP contribution < -0.4 is 5.73 Å². The molecule has 5 heteroatoms. The number of aliphatic imine (C=N–C) groups is 1. The second-order valence-corrected chi connectivity index (χ2v) is 3.38. The lowest BCUT2D eigenvalue weighted by Gasteiger charge is -1.97. The van der Waals surface area contributed by atoms with Crippen molar-refractivity contribution in [3.05, 3.63) is 45.4 Å². The molecule has 80 valence electrons. The quantitative estimate of drug-likeness (QED) is 0.525. The van der Waals surface area contributed by atoms with E-state index in [4.69, 9.17) is 5.73 Å². The summed E-state index contributed by atoms with van der Waals surface area (Å²) in [6, 6.07) is 0. The standard InChI is InChI=1S/C10H13N3O2/c1-7-4-3-5-8(2)12-10(11)9(6-7)13(14)15/h3,5-6H,4,11H2,1-2H3/b5-3+,7-6+,10-9+,12-8+. The fraction of sp³-hybridized carbons (Fsp3) is 0.300. The molecule has 0 fully saturated rings. The molecule has 0 unspecified atom stereocenters. The summed E-state index contributed by atoms with van der Waals surface area (Å²) in [5.41, 5.74) is 6.94. The van der Waals surface area contributed by atoms with Gasteiger partial charge in [0.05, 0.1) is 4.92 Å². The summed E-state index contributed by atoms with van der Waals surface area (Å²) in [7, 11) is 0. The third-order valence-electron chi connectivity index (χ3n) is 1.94. The van der Waals surface area contributed by atoms with Crippen LogP contribution in [0.1, 0.15) is 20.3 Å². The Morgan fingerprint density at radius 3 is 2.80 bits per heavy atom. The molecule has 0 spiro atoms. The van der Waals surface area contributed by atoms with E-state index in [0.717, 1.165) is 5.57 Å². The summed E-state index contributed by atoms with van der Waals surface area (Å²) in [6.07, 6.45) is 5.83. The van der Waals surface area contributed by atoms with Crippen molar-refractivity contribution < 1.29 is 4.92 Å². The van der Waals surface area contributed by atoms with Crippen molar-refractivity contribution in [2.75, 3.05) is 0 Å². The highest BCUT2D eigenvalue weighted by molar-refractivity contribution is 5.93. The van der Waals surface area contributed by atoms with E-state index in [1.54, 1.807) is 13.0 Å². The summed E-state index contributed by atoms with van der Waals surface area (Å²) in [5.74, 6) is -0.0524. The van der Waals surface area contributed by atoms with Gasteiger partial charge in [-0.15, -0.1) is 0 Å². The first-order chi connectivity index (χ1) is 7.00. The maximum atomic E-state index is 10.7. The largest absolute Gasteiger partial charge is 0.378 e. The van der Waals surface area contributed by atoms with Crippen LogP contribution in [0.4, 0.5) is 0 Å². The minimum absolute atomic E-state index is 0.0524. The number of hydrogen-bond donors (Lipinski definition) is 1. The molecule has 15 heavy (non-hydrogen) atoms. The highest BCUT2D eigenvalue weighted by Crippen LogP contribution is 2.12. The van der Waals surface area contributed by atoms with Crippen LogP contribution in [-0.2, 0) is 0 Å². The number of nitrogens with two attached hydrogens (primary N) is 1. The third kappa shape index (κ3) is 3.05. The zero-order valence-corrected chi connectivity index (χ0v) is 8.73. The predicted octanol–water partition coefficient (Wildman–Crippen LogP) is 1.76. The van der Waals surface area contributed by atoms with E-state index in [1.807, 2.05) is 13.0 Å². The van der Waals surface area contributed by atoms with Crippen LogP contribution in [0.2, 0.25) is 0 Å². The Kier molecular flexibility index (Phi) is 3.38. The van der Waals surface area contributed by atoms with Gasteiger partial charge in [0.1, 0.15) is 0 Å². The Bertz CT molecular complexity index is 403. The number of nitro groups is 1. The average molecular weight is 207 g/mol. The number of nitrogens with zero attached hydrogens (tertiary/aromatic N) is 2. The minimum Gasteiger partial charge on any atom is -0.378 e. The van der Waals surface area contributed by atoms with Crippen LogP contribution >= 0.6 is 0 Å². The summed E-state index contributed by atoms with van der Waals surface area (Å²) < 4.78 is 0. The van der Waals surface area contributed by atoms with Gasteiger partial charge in [-0.25, -0.2) is 4.99 Å². The van der Waals surface area contributed by atoms with E-state index in [9.17, 15) is 10.1 Å². The van der Waals surface area contributed by atoms with Crippen molar-refractivity contribution in [2.45, 2.75) is 20.3 Å². The Morgan fingerprint density at radius 1 is 1.53 bits per heavy atom. The highest BCUT2D eigenvalue weighted by Gasteiger charge is 2.14. The first-order valence-electron chi connectivity index (χ1n) is 4.54. The van der Waals surface area contributed by atoms with Gasteiger partial charge in [-0.3, -0.25) is 10.1 Å². The molecule has 0 saturated carbocycles. The molecule has 0 bridgehead atoms. The Labute approximate surface area is 87.8 Å². The number of hydrogen-bond acceptors (Lipinski definition) is 4. The molecule has 1 aliphatic rings. The lowest BCUT2D eigenvalue weighted by molar-refractivity contribution is -0.420. The van der Waals surface area contributed by atoms with Gasteiger partial charge in [0, 0.05) is 11.8 Å². The topological polar surface area (TPSA) is 81.5 Å². The first kappa shape index (κ1) is 11.2. The predicted molar refractivity (Wildman–Crippen MR) is 58.8 cm³/mol. The SMILES string of the molecule is C\C1=C/C([N+](=O)[O-])=C(N)\N=C(C)\C=C\C1. The van der Waals surface area contributed by atoms with E-state index < -0.39 is 4.92 Å². The molecular weight excluding hydrogens is 194 g/mol. The monoisotopic (exact) mass is 207 g/mol. The zero-order chi connectivity index (χ0) is 11.4. The van der Waals surface area contributed by atoms with Crippen molar-refractivity contribution in [3.63, 3.8) is 0 Å². The summed E-state index contributed by atoms with van der Waals surface area (Å²) >= 11 is 0. The molecule has 5 nitrogen and oxygen atoms in total. The van der Waals surface area contributed by atoms with E-state index >= 15 is 0 Å². The van der Waals surface area contributed by atoms with Crippen LogP contribution in [0, 0.1) is 10.1 Å². The minimum atomic E-state index is -0.513. The highest BCUT2D eigenvalue weighted by atomic mass is 16.6. The van der Waals surface area contributed by atoms with Crippen molar-refractivity contribution in [1.82, 2.24) is 0 Å². The zero-order valence-electron chi connectivity index (χ0n) is 8.73. The maximum absolute atomic E-state index is 10.7. The van der Waals surface area contributed by atoms with Gasteiger partial charge < -0.3 is 5.73 Å². The van der Waals surface area contributed by atoms with Crippen LogP contribution in [0.15, 0.2) is 40.3 Å². The molecule has 0 saturated heterocycles. The van der Waals surface area contributed by atoms with Gasteiger partial charge >= 0.3 is 5.70 Å². The molecule has 1 rings (SSSR count). The molecule has 0 aromatic carbocycles. The van der Waals surface area contributed by atoms with Crippen LogP contribution in [0.25, 0.3) is 0 Å². The molecule has 0 atom stereocenters. The van der Waals surface area contributed by atoms with Gasteiger partial charge in [0.25, 0.3) is 0 Å². The second kappa shape index (κ2) is 4.54. The van der Waals surface area contributed by atoms with Gasteiger partial charge in [-0.05, 0) is 26.3 Å². The fourth-order valence-electron chi connectivity index (χ4n) is 1.21. The Hall–Kier alpha value is -1.91. The molecule has 0 aromatic rings. The molecule has 1 aliphatic heterocycles. The van der Waals surface area contributed by atoms with E-state index in [2.05, 4.69) is 4.99 Å².